The number of benzene rings is 1. The van der Waals surface area contributed by atoms with Gasteiger partial charge in [0.2, 0.25) is 0 Å². The Morgan fingerprint density at radius 2 is 2.24 bits per heavy atom. The molecule has 0 unspecified atom stereocenters. The van der Waals surface area contributed by atoms with Crippen LogP contribution in [-0.4, -0.2) is 42.6 Å². The Bertz CT molecular complexity index is 850. The second-order valence-electron chi connectivity index (χ2n) is 4.29. The number of aromatic amines is 2. The number of imidazole rings is 1. The standard InChI is InChI=1S/C12H9N5O4/c18-5-10(19)6-1-2-7-8(3-6)15-12(14-7)11-9(17(20)21)4-13-16-11/h1-4,18H,5H2,(H,13,16)(H,14,15). The molecule has 0 fully saturated rings. The van der Waals surface area contributed by atoms with E-state index in [4.69, 9.17) is 5.11 Å². The predicted molar refractivity (Wildman–Crippen MR) is 71.7 cm³/mol. The Morgan fingerprint density at radius 3 is 2.95 bits per heavy atom. The van der Waals surface area contributed by atoms with Gasteiger partial charge in [-0.3, -0.25) is 20.0 Å². The summed E-state index contributed by atoms with van der Waals surface area (Å²) in [6.45, 7) is -0.585. The van der Waals surface area contributed by atoms with Crippen molar-refractivity contribution in [3.63, 3.8) is 0 Å². The second-order valence-corrected chi connectivity index (χ2v) is 4.29. The molecule has 106 valence electrons. The number of fused-ring (bicyclic) bond motifs is 1. The summed E-state index contributed by atoms with van der Waals surface area (Å²) in [7, 11) is 0. The average Bonchev–Trinajstić information content (AvgIpc) is 3.11. The van der Waals surface area contributed by atoms with Gasteiger partial charge in [0.1, 0.15) is 12.8 Å². The Hall–Kier alpha value is -3.07. The SMILES string of the molecule is O=C(CO)c1ccc2nc(-c3[nH]ncc3[N+](=O)[O-])[nH]c2c1. The predicted octanol–water partition coefficient (Wildman–Crippen LogP) is 1.04. The van der Waals surface area contributed by atoms with E-state index in [1.54, 1.807) is 6.07 Å². The van der Waals surface area contributed by atoms with E-state index in [1.165, 1.54) is 12.1 Å². The van der Waals surface area contributed by atoms with Crippen LogP contribution in [0.25, 0.3) is 22.6 Å². The highest BCUT2D eigenvalue weighted by Gasteiger charge is 2.20. The smallest absolute Gasteiger partial charge is 0.317 e. The van der Waals surface area contributed by atoms with Crippen LogP contribution >= 0.6 is 0 Å². The zero-order valence-electron chi connectivity index (χ0n) is 10.5. The highest BCUT2D eigenvalue weighted by atomic mass is 16.6. The van der Waals surface area contributed by atoms with Gasteiger partial charge in [0.05, 0.1) is 16.0 Å². The lowest BCUT2D eigenvalue weighted by molar-refractivity contribution is -0.384. The summed E-state index contributed by atoms with van der Waals surface area (Å²) in [5, 5.41) is 25.9. The van der Waals surface area contributed by atoms with Crippen molar-refractivity contribution in [2.75, 3.05) is 6.61 Å². The monoisotopic (exact) mass is 287 g/mol. The largest absolute Gasteiger partial charge is 0.388 e. The first kappa shape index (κ1) is 12.9. The maximum absolute atomic E-state index is 11.4. The fraction of sp³-hybridized carbons (Fsp3) is 0.0833. The number of nitrogens with one attached hydrogen (secondary N) is 2. The quantitative estimate of drug-likeness (QED) is 0.372. The molecule has 2 heterocycles. The molecule has 3 N–H and O–H groups in total. The minimum Gasteiger partial charge on any atom is -0.388 e. The minimum absolute atomic E-state index is 0.159. The zero-order chi connectivity index (χ0) is 15.0. The lowest BCUT2D eigenvalue weighted by atomic mass is 10.1. The lowest BCUT2D eigenvalue weighted by Crippen LogP contribution is -2.03. The molecule has 9 heteroatoms. The van der Waals surface area contributed by atoms with Crippen molar-refractivity contribution in [1.29, 1.82) is 0 Å². The summed E-state index contributed by atoms with van der Waals surface area (Å²) in [4.78, 5) is 28.9. The van der Waals surface area contributed by atoms with E-state index in [1.807, 2.05) is 0 Å². The third-order valence-corrected chi connectivity index (χ3v) is 3.00. The summed E-state index contributed by atoms with van der Waals surface area (Å²) in [6, 6.07) is 4.67. The topological polar surface area (TPSA) is 138 Å². The molecular weight excluding hydrogens is 278 g/mol. The molecule has 3 rings (SSSR count). The van der Waals surface area contributed by atoms with E-state index in [9.17, 15) is 14.9 Å². The molecule has 0 aliphatic carbocycles. The van der Waals surface area contributed by atoms with E-state index in [-0.39, 0.29) is 17.2 Å². The number of hydrogen-bond donors (Lipinski definition) is 3. The molecule has 0 bridgehead atoms. The van der Waals surface area contributed by atoms with E-state index in [0.717, 1.165) is 6.20 Å². The summed E-state index contributed by atoms with van der Waals surface area (Å²) < 4.78 is 0. The number of rotatable bonds is 4. The number of H-pyrrole nitrogens is 2. The molecule has 0 amide bonds. The van der Waals surface area contributed by atoms with Crippen LogP contribution in [0.15, 0.2) is 24.4 Å². The third-order valence-electron chi connectivity index (χ3n) is 3.00. The van der Waals surface area contributed by atoms with Gasteiger partial charge in [0, 0.05) is 5.56 Å². The summed E-state index contributed by atoms with van der Waals surface area (Å²) in [5.41, 5.74) is 1.38. The zero-order valence-corrected chi connectivity index (χ0v) is 10.5. The molecule has 0 atom stereocenters. The Kier molecular flexibility index (Phi) is 2.95. The van der Waals surface area contributed by atoms with Crippen LogP contribution in [0.2, 0.25) is 0 Å². The van der Waals surface area contributed by atoms with Crippen molar-refractivity contribution in [3.8, 4) is 11.5 Å². The first-order valence-corrected chi connectivity index (χ1v) is 5.92. The Labute approximate surface area is 116 Å². The van der Waals surface area contributed by atoms with Crippen LogP contribution in [0.5, 0.6) is 0 Å². The fourth-order valence-electron chi connectivity index (χ4n) is 1.99. The minimum atomic E-state index is -0.585. The van der Waals surface area contributed by atoms with Crippen molar-refractivity contribution < 1.29 is 14.8 Å². The molecule has 0 saturated heterocycles. The van der Waals surface area contributed by atoms with Gasteiger partial charge in [0.25, 0.3) is 0 Å². The number of carbonyl (C=O) groups excluding carboxylic acids is 1. The number of nitro groups is 1. The van der Waals surface area contributed by atoms with Crippen LogP contribution in [0.3, 0.4) is 0 Å². The number of nitrogens with zero attached hydrogens (tertiary/aromatic N) is 3. The molecule has 1 aromatic carbocycles. The van der Waals surface area contributed by atoms with Gasteiger partial charge in [0.15, 0.2) is 17.3 Å². The molecule has 2 aromatic heterocycles. The molecule has 0 spiro atoms. The second kappa shape index (κ2) is 4.80. The van der Waals surface area contributed by atoms with Gasteiger partial charge < -0.3 is 10.1 Å². The molecule has 0 saturated carbocycles. The van der Waals surface area contributed by atoms with Gasteiger partial charge in [-0.25, -0.2) is 4.98 Å². The summed E-state index contributed by atoms with van der Waals surface area (Å²) in [5.74, 6) is -0.164. The van der Waals surface area contributed by atoms with Gasteiger partial charge >= 0.3 is 5.69 Å². The first-order valence-electron chi connectivity index (χ1n) is 5.92. The van der Waals surface area contributed by atoms with Gasteiger partial charge in [-0.15, -0.1) is 0 Å². The number of aliphatic hydroxyl groups excluding tert-OH is 1. The average molecular weight is 287 g/mol. The lowest BCUT2D eigenvalue weighted by Gasteiger charge is -1.96. The maximum Gasteiger partial charge on any atom is 0.317 e. The van der Waals surface area contributed by atoms with Gasteiger partial charge in [-0.1, -0.05) is 0 Å². The highest BCUT2D eigenvalue weighted by molar-refractivity contribution is 5.99. The fourth-order valence-corrected chi connectivity index (χ4v) is 1.99. The van der Waals surface area contributed by atoms with Crippen LogP contribution in [0, 0.1) is 10.1 Å². The van der Waals surface area contributed by atoms with Crippen molar-refractivity contribution in [2.45, 2.75) is 0 Å². The number of carbonyl (C=O) groups is 1. The van der Waals surface area contributed by atoms with E-state index >= 15 is 0 Å². The van der Waals surface area contributed by atoms with E-state index < -0.39 is 17.3 Å². The summed E-state index contributed by atoms with van der Waals surface area (Å²) >= 11 is 0. The van der Waals surface area contributed by atoms with Crippen LogP contribution < -0.4 is 0 Å². The number of Topliss-reactive ketones (excluding diaryl/α,β-unsaturated/α-hetero) is 1. The van der Waals surface area contributed by atoms with Gasteiger partial charge in [-0.2, -0.15) is 5.10 Å². The Balaban J connectivity index is 2.11. The number of ketones is 1. The number of aromatic nitrogens is 4. The number of aliphatic hydroxyl groups is 1. The molecule has 9 nitrogen and oxygen atoms in total. The molecule has 0 aliphatic heterocycles. The third kappa shape index (κ3) is 2.15. The van der Waals surface area contributed by atoms with Crippen molar-refractivity contribution >= 4 is 22.5 Å². The van der Waals surface area contributed by atoms with Crippen LogP contribution in [0.4, 0.5) is 5.69 Å². The van der Waals surface area contributed by atoms with Crippen molar-refractivity contribution in [2.24, 2.45) is 0 Å². The molecule has 0 aliphatic rings. The molecule has 0 radical (unpaired) electrons. The highest BCUT2D eigenvalue weighted by Crippen LogP contribution is 2.27. The molecular formula is C12H9N5O4. The molecule has 3 aromatic rings. The van der Waals surface area contributed by atoms with E-state index in [0.29, 0.717) is 16.6 Å². The first-order chi connectivity index (χ1) is 10.1. The Morgan fingerprint density at radius 1 is 1.43 bits per heavy atom. The van der Waals surface area contributed by atoms with Crippen molar-refractivity contribution in [3.05, 3.63) is 40.1 Å². The summed E-state index contributed by atoms with van der Waals surface area (Å²) in [6.07, 6.45) is 1.10. The van der Waals surface area contributed by atoms with Crippen LogP contribution in [0.1, 0.15) is 10.4 Å². The van der Waals surface area contributed by atoms with Crippen LogP contribution in [-0.2, 0) is 0 Å². The maximum atomic E-state index is 11.4. The number of hydrogen-bond acceptors (Lipinski definition) is 6. The normalized spacial score (nSPS) is 10.9. The van der Waals surface area contributed by atoms with Crippen molar-refractivity contribution in [1.82, 2.24) is 20.2 Å². The molecule has 21 heavy (non-hydrogen) atoms. The van der Waals surface area contributed by atoms with Gasteiger partial charge in [-0.05, 0) is 18.2 Å². The van der Waals surface area contributed by atoms with E-state index in [2.05, 4.69) is 20.2 Å².